The quantitative estimate of drug-likeness (QED) is 0.694. The SMILES string of the molecule is CC(=O)ON1CCC(CCC(=O)Cl)CC1. The minimum absolute atomic E-state index is 0.266. The second-order valence-electron chi connectivity index (χ2n) is 3.85. The van der Waals surface area contributed by atoms with Gasteiger partial charge in [-0.1, -0.05) is 0 Å². The topological polar surface area (TPSA) is 46.6 Å². The number of carbonyl (C=O) groups excluding carboxylic acids is 2. The van der Waals surface area contributed by atoms with Crippen molar-refractivity contribution in [1.29, 1.82) is 0 Å². The lowest BCUT2D eigenvalue weighted by atomic mass is 9.93. The summed E-state index contributed by atoms with van der Waals surface area (Å²) in [4.78, 5) is 26.2. The largest absolute Gasteiger partial charge is 0.368 e. The minimum Gasteiger partial charge on any atom is -0.368 e. The molecule has 0 N–H and O–H groups in total. The summed E-state index contributed by atoms with van der Waals surface area (Å²) in [7, 11) is 0. The highest BCUT2D eigenvalue weighted by Crippen LogP contribution is 2.22. The molecule has 0 amide bonds. The number of nitrogens with zero attached hydrogens (tertiary/aromatic N) is 1. The van der Waals surface area contributed by atoms with Gasteiger partial charge in [-0.2, -0.15) is 0 Å². The van der Waals surface area contributed by atoms with Gasteiger partial charge in [0.05, 0.1) is 0 Å². The Morgan fingerprint density at radius 2 is 2.00 bits per heavy atom. The molecular weight excluding hydrogens is 218 g/mol. The zero-order valence-corrected chi connectivity index (χ0v) is 9.63. The summed E-state index contributed by atoms with van der Waals surface area (Å²) < 4.78 is 0. The lowest BCUT2D eigenvalue weighted by molar-refractivity contribution is -0.193. The van der Waals surface area contributed by atoms with Crippen molar-refractivity contribution in [3.63, 3.8) is 0 Å². The van der Waals surface area contributed by atoms with Crippen LogP contribution < -0.4 is 0 Å². The molecule has 1 aliphatic rings. The van der Waals surface area contributed by atoms with E-state index in [4.69, 9.17) is 16.4 Å². The molecule has 0 aromatic rings. The maximum absolute atomic E-state index is 10.7. The minimum atomic E-state index is -0.274. The Hall–Kier alpha value is -0.610. The van der Waals surface area contributed by atoms with Crippen LogP contribution in [-0.4, -0.2) is 29.4 Å². The number of hydrogen-bond acceptors (Lipinski definition) is 4. The number of hydroxylamine groups is 2. The summed E-state index contributed by atoms with van der Waals surface area (Å²) in [5.74, 6) is 0.254. The van der Waals surface area contributed by atoms with Crippen LogP contribution in [0.15, 0.2) is 0 Å². The van der Waals surface area contributed by atoms with Crippen LogP contribution in [0.1, 0.15) is 32.6 Å². The smallest absolute Gasteiger partial charge is 0.322 e. The molecule has 0 saturated carbocycles. The summed E-state index contributed by atoms with van der Waals surface area (Å²) >= 11 is 5.28. The third-order valence-corrected chi connectivity index (χ3v) is 2.77. The van der Waals surface area contributed by atoms with Gasteiger partial charge in [0, 0.05) is 26.4 Å². The van der Waals surface area contributed by atoms with Gasteiger partial charge in [0.15, 0.2) is 0 Å². The highest BCUT2D eigenvalue weighted by atomic mass is 35.5. The van der Waals surface area contributed by atoms with E-state index in [1.807, 2.05) is 0 Å². The van der Waals surface area contributed by atoms with E-state index in [2.05, 4.69) is 0 Å². The average Bonchev–Trinajstić information content (AvgIpc) is 2.16. The Bertz CT molecular complexity index is 237. The zero-order valence-electron chi connectivity index (χ0n) is 8.87. The molecule has 86 valence electrons. The van der Waals surface area contributed by atoms with Gasteiger partial charge in [0.1, 0.15) is 0 Å². The number of carbonyl (C=O) groups is 2. The van der Waals surface area contributed by atoms with Gasteiger partial charge in [-0.25, -0.2) is 0 Å². The van der Waals surface area contributed by atoms with Crippen LogP contribution >= 0.6 is 11.6 Å². The molecule has 0 aliphatic carbocycles. The highest BCUT2D eigenvalue weighted by Gasteiger charge is 2.21. The van der Waals surface area contributed by atoms with E-state index < -0.39 is 0 Å². The number of hydrogen-bond donors (Lipinski definition) is 0. The highest BCUT2D eigenvalue weighted by molar-refractivity contribution is 6.63. The first kappa shape index (κ1) is 12.5. The third kappa shape index (κ3) is 5.14. The Labute approximate surface area is 94.5 Å². The molecule has 0 unspecified atom stereocenters. The standard InChI is InChI=1S/C10H16ClNO3/c1-8(13)15-12-6-4-9(5-7-12)2-3-10(11)14/h9H,2-7H2,1H3. The van der Waals surface area contributed by atoms with Crippen LogP contribution in [-0.2, 0) is 14.4 Å². The maximum atomic E-state index is 10.7. The lowest BCUT2D eigenvalue weighted by Crippen LogP contribution is -2.35. The Morgan fingerprint density at radius 1 is 1.40 bits per heavy atom. The van der Waals surface area contributed by atoms with Gasteiger partial charge in [0.2, 0.25) is 5.24 Å². The van der Waals surface area contributed by atoms with E-state index in [1.165, 1.54) is 6.92 Å². The molecular formula is C10H16ClNO3. The van der Waals surface area contributed by atoms with Crippen molar-refractivity contribution in [2.24, 2.45) is 5.92 Å². The molecule has 5 heteroatoms. The predicted octanol–water partition coefficient (Wildman–Crippen LogP) is 1.72. The fraction of sp³-hybridized carbons (Fsp3) is 0.800. The van der Waals surface area contributed by atoms with Gasteiger partial charge < -0.3 is 4.84 Å². The molecule has 4 nitrogen and oxygen atoms in total. The molecule has 0 aromatic carbocycles. The number of halogens is 1. The molecule has 1 fully saturated rings. The van der Waals surface area contributed by atoms with Crippen molar-refractivity contribution in [1.82, 2.24) is 5.06 Å². The molecule has 1 saturated heterocycles. The van der Waals surface area contributed by atoms with Crippen molar-refractivity contribution in [2.45, 2.75) is 32.6 Å². The molecule has 1 aliphatic heterocycles. The van der Waals surface area contributed by atoms with Crippen LogP contribution in [0.5, 0.6) is 0 Å². The Morgan fingerprint density at radius 3 is 2.47 bits per heavy atom. The van der Waals surface area contributed by atoms with Crippen molar-refractivity contribution in [2.75, 3.05) is 13.1 Å². The predicted molar refractivity (Wildman–Crippen MR) is 56.2 cm³/mol. The van der Waals surface area contributed by atoms with E-state index in [-0.39, 0.29) is 11.2 Å². The van der Waals surface area contributed by atoms with Crippen molar-refractivity contribution in [3.05, 3.63) is 0 Å². The van der Waals surface area contributed by atoms with Crippen molar-refractivity contribution in [3.8, 4) is 0 Å². The lowest BCUT2D eigenvalue weighted by Gasteiger charge is -2.29. The Balaban J connectivity index is 2.18. The van der Waals surface area contributed by atoms with Crippen molar-refractivity contribution >= 4 is 22.8 Å². The van der Waals surface area contributed by atoms with Gasteiger partial charge >= 0.3 is 5.97 Å². The van der Waals surface area contributed by atoms with Crippen LogP contribution in [0, 0.1) is 5.92 Å². The average molecular weight is 234 g/mol. The van der Waals surface area contributed by atoms with E-state index in [9.17, 15) is 9.59 Å². The van der Waals surface area contributed by atoms with Crippen molar-refractivity contribution < 1.29 is 14.4 Å². The summed E-state index contributed by atoms with van der Waals surface area (Å²) in [5.41, 5.74) is 0. The fourth-order valence-electron chi connectivity index (χ4n) is 1.79. The first-order valence-electron chi connectivity index (χ1n) is 5.19. The van der Waals surface area contributed by atoms with Crippen LogP contribution in [0.2, 0.25) is 0 Å². The summed E-state index contributed by atoms with van der Waals surface area (Å²) in [6.07, 6.45) is 3.20. The van der Waals surface area contributed by atoms with Crippen LogP contribution in [0.3, 0.4) is 0 Å². The molecule has 15 heavy (non-hydrogen) atoms. The van der Waals surface area contributed by atoms with Gasteiger partial charge in [-0.05, 0) is 36.8 Å². The summed E-state index contributed by atoms with van der Waals surface area (Å²) in [5, 5.41) is 1.42. The molecule has 0 aromatic heterocycles. The zero-order chi connectivity index (χ0) is 11.3. The monoisotopic (exact) mass is 233 g/mol. The van der Waals surface area contributed by atoms with Crippen LogP contribution in [0.25, 0.3) is 0 Å². The van der Waals surface area contributed by atoms with E-state index in [1.54, 1.807) is 5.06 Å². The molecule has 0 bridgehead atoms. The summed E-state index contributed by atoms with van der Waals surface area (Å²) in [6, 6.07) is 0. The normalized spacial score (nSPS) is 18.8. The second kappa shape index (κ2) is 6.08. The molecule has 1 rings (SSSR count). The molecule has 0 radical (unpaired) electrons. The van der Waals surface area contributed by atoms with Gasteiger partial charge in [-0.3, -0.25) is 9.59 Å². The first-order chi connectivity index (χ1) is 7.08. The molecule has 1 heterocycles. The first-order valence-corrected chi connectivity index (χ1v) is 5.57. The Kier molecular flexibility index (Phi) is 5.05. The summed E-state index contributed by atoms with van der Waals surface area (Å²) in [6.45, 7) is 2.90. The van der Waals surface area contributed by atoms with E-state index in [0.717, 1.165) is 32.4 Å². The number of piperidine rings is 1. The third-order valence-electron chi connectivity index (χ3n) is 2.58. The molecule has 0 spiro atoms. The van der Waals surface area contributed by atoms with Crippen LogP contribution in [0.4, 0.5) is 0 Å². The van der Waals surface area contributed by atoms with E-state index in [0.29, 0.717) is 12.3 Å². The van der Waals surface area contributed by atoms with Gasteiger partial charge in [0.25, 0.3) is 0 Å². The van der Waals surface area contributed by atoms with E-state index >= 15 is 0 Å². The fourth-order valence-corrected chi connectivity index (χ4v) is 1.90. The second-order valence-corrected chi connectivity index (χ2v) is 4.27. The van der Waals surface area contributed by atoms with Gasteiger partial charge in [-0.15, -0.1) is 5.06 Å². The molecule has 0 atom stereocenters. The number of rotatable bonds is 4. The maximum Gasteiger partial charge on any atom is 0.322 e.